The Morgan fingerprint density at radius 3 is 1.64 bits per heavy atom. The third-order valence-corrected chi connectivity index (χ3v) is 3.57. The summed E-state index contributed by atoms with van der Waals surface area (Å²) in [5.74, 6) is 0. The molecule has 0 amide bonds. The predicted octanol–water partition coefficient (Wildman–Crippen LogP) is 6.31. The van der Waals surface area contributed by atoms with Crippen molar-refractivity contribution in [3.63, 3.8) is 0 Å². The smallest absolute Gasteiger partial charge is 0.0808 e. The maximum Gasteiger partial charge on any atom is 0.0808 e. The summed E-state index contributed by atoms with van der Waals surface area (Å²) in [6, 6.07) is 0. The second kappa shape index (κ2) is 20.7. The molecule has 0 aliphatic rings. The van der Waals surface area contributed by atoms with Crippen LogP contribution in [0.5, 0.6) is 0 Å². The van der Waals surface area contributed by atoms with Crippen molar-refractivity contribution < 1.29 is 9.84 Å². The van der Waals surface area contributed by atoms with Gasteiger partial charge in [-0.05, 0) is 51.4 Å². The van der Waals surface area contributed by atoms with Gasteiger partial charge in [0.25, 0.3) is 0 Å². The van der Waals surface area contributed by atoms with Crippen molar-refractivity contribution in [3.8, 4) is 0 Å². The minimum atomic E-state index is -0.0120. The van der Waals surface area contributed by atoms with Crippen molar-refractivity contribution in [2.24, 2.45) is 0 Å². The fraction of sp³-hybridized carbons (Fsp3) is 0.565. The van der Waals surface area contributed by atoms with E-state index in [1.54, 1.807) is 0 Å². The highest BCUT2D eigenvalue weighted by molar-refractivity contribution is 5.00. The Balaban J connectivity index is 3.58. The molecule has 0 aromatic heterocycles. The summed E-state index contributed by atoms with van der Waals surface area (Å²) in [7, 11) is 0. The Labute approximate surface area is 155 Å². The molecule has 1 N–H and O–H groups in total. The van der Waals surface area contributed by atoms with E-state index in [2.05, 4.69) is 74.6 Å². The summed E-state index contributed by atoms with van der Waals surface area (Å²) in [5, 5.41) is 9.20. The van der Waals surface area contributed by atoms with Crippen LogP contribution in [0.25, 0.3) is 0 Å². The summed E-state index contributed by atoms with van der Waals surface area (Å²) in [4.78, 5) is 0. The molecule has 142 valence electrons. The van der Waals surface area contributed by atoms with Gasteiger partial charge in [-0.2, -0.15) is 0 Å². The summed E-state index contributed by atoms with van der Waals surface area (Å²) in [5.41, 5.74) is 0. The van der Waals surface area contributed by atoms with Crippen molar-refractivity contribution in [2.75, 3.05) is 13.2 Å². The number of allylic oxidation sites excluding steroid dienone is 10. The van der Waals surface area contributed by atoms with Gasteiger partial charge in [-0.1, -0.05) is 74.6 Å². The van der Waals surface area contributed by atoms with Crippen molar-refractivity contribution >= 4 is 0 Å². The molecule has 0 saturated heterocycles. The first kappa shape index (κ1) is 23.6. The average molecular weight is 347 g/mol. The lowest BCUT2D eigenvalue weighted by Crippen LogP contribution is -2.17. The Hall–Kier alpha value is -1.38. The maximum atomic E-state index is 9.20. The molecule has 0 heterocycles. The van der Waals surface area contributed by atoms with Crippen molar-refractivity contribution in [1.29, 1.82) is 0 Å². The molecular formula is C23H38O2. The molecule has 2 heteroatoms. The molecule has 0 spiro atoms. The van der Waals surface area contributed by atoms with Gasteiger partial charge < -0.3 is 9.84 Å². The highest BCUT2D eigenvalue weighted by Gasteiger charge is 2.04. The first-order valence-electron chi connectivity index (χ1n) is 9.82. The van der Waals surface area contributed by atoms with E-state index in [4.69, 9.17) is 4.74 Å². The van der Waals surface area contributed by atoms with E-state index in [-0.39, 0.29) is 12.7 Å². The highest BCUT2D eigenvalue weighted by atomic mass is 16.5. The summed E-state index contributed by atoms with van der Waals surface area (Å²) in [6.07, 6.45) is 30.0. The van der Waals surface area contributed by atoms with Crippen LogP contribution in [0.15, 0.2) is 60.8 Å². The van der Waals surface area contributed by atoms with E-state index in [0.717, 1.165) is 58.0 Å². The average Bonchev–Trinajstić information content (AvgIpc) is 2.63. The van der Waals surface area contributed by atoms with E-state index >= 15 is 0 Å². The number of hydrogen-bond donors (Lipinski definition) is 1. The molecule has 0 rings (SSSR count). The van der Waals surface area contributed by atoms with Crippen LogP contribution in [-0.4, -0.2) is 24.4 Å². The van der Waals surface area contributed by atoms with E-state index in [9.17, 15) is 5.11 Å². The van der Waals surface area contributed by atoms with Gasteiger partial charge in [0.15, 0.2) is 0 Å². The molecule has 0 fully saturated rings. The quantitative estimate of drug-likeness (QED) is 0.332. The van der Waals surface area contributed by atoms with Crippen LogP contribution in [-0.2, 0) is 4.74 Å². The van der Waals surface area contributed by atoms with Crippen molar-refractivity contribution in [3.05, 3.63) is 60.8 Å². The fourth-order valence-electron chi connectivity index (χ4n) is 2.16. The van der Waals surface area contributed by atoms with Crippen LogP contribution in [0.2, 0.25) is 0 Å². The zero-order valence-electron chi connectivity index (χ0n) is 16.3. The van der Waals surface area contributed by atoms with E-state index < -0.39 is 0 Å². The molecule has 0 aromatic rings. The molecule has 0 aliphatic carbocycles. The molecule has 1 atom stereocenters. The van der Waals surface area contributed by atoms with Gasteiger partial charge in [-0.15, -0.1) is 0 Å². The number of hydrogen-bond acceptors (Lipinski definition) is 2. The normalized spacial score (nSPS) is 14.2. The Bertz CT molecular complexity index is 402. The molecule has 0 aliphatic heterocycles. The van der Waals surface area contributed by atoms with Crippen LogP contribution < -0.4 is 0 Å². The Kier molecular flexibility index (Phi) is 19.5. The molecule has 1 unspecified atom stereocenters. The lowest BCUT2D eigenvalue weighted by Gasteiger charge is -2.13. The molecule has 0 bridgehead atoms. The predicted molar refractivity (Wildman–Crippen MR) is 111 cm³/mol. The minimum absolute atomic E-state index is 0.0120. The van der Waals surface area contributed by atoms with Gasteiger partial charge in [0.1, 0.15) is 0 Å². The SMILES string of the molecule is CCC=CCC=CCC=CCC=CCC=CCCC(CO)OCCC. The summed E-state index contributed by atoms with van der Waals surface area (Å²) in [6.45, 7) is 5.09. The second-order valence-corrected chi connectivity index (χ2v) is 5.96. The lowest BCUT2D eigenvalue weighted by molar-refractivity contribution is 0.00913. The molecule has 0 aromatic carbocycles. The Morgan fingerprint density at radius 2 is 1.20 bits per heavy atom. The van der Waals surface area contributed by atoms with Crippen LogP contribution >= 0.6 is 0 Å². The minimum Gasteiger partial charge on any atom is -0.394 e. The lowest BCUT2D eigenvalue weighted by atomic mass is 10.2. The van der Waals surface area contributed by atoms with Crippen LogP contribution in [0.4, 0.5) is 0 Å². The number of aliphatic hydroxyl groups excluding tert-OH is 1. The molecule has 0 saturated carbocycles. The number of aliphatic hydroxyl groups is 1. The molecule has 25 heavy (non-hydrogen) atoms. The zero-order valence-corrected chi connectivity index (χ0v) is 16.3. The molecule has 2 nitrogen and oxygen atoms in total. The molecule has 0 radical (unpaired) electrons. The third-order valence-electron chi connectivity index (χ3n) is 3.57. The van der Waals surface area contributed by atoms with Gasteiger partial charge >= 0.3 is 0 Å². The van der Waals surface area contributed by atoms with Crippen LogP contribution in [0.1, 0.15) is 65.2 Å². The fourth-order valence-corrected chi connectivity index (χ4v) is 2.16. The van der Waals surface area contributed by atoms with Crippen molar-refractivity contribution in [1.82, 2.24) is 0 Å². The van der Waals surface area contributed by atoms with Gasteiger partial charge in [0.2, 0.25) is 0 Å². The Morgan fingerprint density at radius 1 is 0.720 bits per heavy atom. The molecular weight excluding hydrogens is 308 g/mol. The highest BCUT2D eigenvalue weighted by Crippen LogP contribution is 2.04. The van der Waals surface area contributed by atoms with E-state index in [0.29, 0.717) is 0 Å². The van der Waals surface area contributed by atoms with Gasteiger partial charge in [-0.3, -0.25) is 0 Å². The van der Waals surface area contributed by atoms with Crippen LogP contribution in [0, 0.1) is 0 Å². The largest absolute Gasteiger partial charge is 0.394 e. The maximum absolute atomic E-state index is 9.20. The third kappa shape index (κ3) is 18.8. The monoisotopic (exact) mass is 346 g/mol. The number of ether oxygens (including phenoxy) is 1. The van der Waals surface area contributed by atoms with Crippen LogP contribution in [0.3, 0.4) is 0 Å². The first-order chi connectivity index (χ1) is 12.3. The van der Waals surface area contributed by atoms with E-state index in [1.165, 1.54) is 0 Å². The first-order valence-corrected chi connectivity index (χ1v) is 9.82. The van der Waals surface area contributed by atoms with Gasteiger partial charge in [0.05, 0.1) is 12.7 Å². The number of rotatable bonds is 16. The topological polar surface area (TPSA) is 29.5 Å². The summed E-state index contributed by atoms with van der Waals surface area (Å²) < 4.78 is 5.55. The van der Waals surface area contributed by atoms with Crippen molar-refractivity contribution in [2.45, 2.75) is 71.3 Å². The summed E-state index contributed by atoms with van der Waals surface area (Å²) >= 11 is 0. The van der Waals surface area contributed by atoms with Gasteiger partial charge in [-0.25, -0.2) is 0 Å². The second-order valence-electron chi connectivity index (χ2n) is 5.96. The zero-order chi connectivity index (χ0) is 18.4. The van der Waals surface area contributed by atoms with Gasteiger partial charge in [0, 0.05) is 6.61 Å². The standard InChI is InChI=1S/C23H38O2/c1-3-5-6-7-8-9-10-11-12-13-14-15-16-17-18-19-20-23(22-24)25-21-4-2/h5-6,8-9,11-12,14-15,17-18,23-24H,3-4,7,10,13,16,19-22H2,1-2H3. The van der Waals surface area contributed by atoms with E-state index in [1.807, 2.05) is 0 Å².